The lowest BCUT2D eigenvalue weighted by molar-refractivity contribution is -0.128. The zero-order valence-electron chi connectivity index (χ0n) is 14.1. The number of nitrogens with two attached hydrogens (primary N) is 1. The lowest BCUT2D eigenvalue weighted by atomic mass is 10.1. The summed E-state index contributed by atoms with van der Waals surface area (Å²) in [5.41, 5.74) is 7.50. The van der Waals surface area contributed by atoms with Crippen LogP contribution >= 0.6 is 12.4 Å². The van der Waals surface area contributed by atoms with E-state index in [1.54, 1.807) is 0 Å². The Morgan fingerprint density at radius 1 is 1.12 bits per heavy atom. The Balaban J connectivity index is 0.00000288. The van der Waals surface area contributed by atoms with Crippen LogP contribution in [0.25, 0.3) is 0 Å². The molecule has 3 N–H and O–H groups in total. The number of ether oxygens (including phenoxy) is 1. The van der Waals surface area contributed by atoms with E-state index in [2.05, 4.69) is 12.2 Å². The molecule has 5 heteroatoms. The van der Waals surface area contributed by atoms with Crippen molar-refractivity contribution >= 4 is 18.3 Å². The van der Waals surface area contributed by atoms with E-state index in [1.165, 1.54) is 0 Å². The van der Waals surface area contributed by atoms with Gasteiger partial charge in [0.15, 0.2) is 0 Å². The average Bonchev–Trinajstić information content (AvgIpc) is 2.60. The number of halogens is 1. The molecule has 0 saturated heterocycles. The molecule has 0 aromatic heterocycles. The third kappa shape index (κ3) is 5.25. The van der Waals surface area contributed by atoms with E-state index >= 15 is 0 Å². The number of aryl methyl sites for hydroxylation is 1. The third-order valence-corrected chi connectivity index (χ3v) is 3.68. The van der Waals surface area contributed by atoms with Gasteiger partial charge in [-0.05, 0) is 25.0 Å². The van der Waals surface area contributed by atoms with Crippen molar-refractivity contribution in [3.05, 3.63) is 65.7 Å². The maximum Gasteiger partial charge on any atom is 0.266 e. The molecule has 0 aliphatic carbocycles. The van der Waals surface area contributed by atoms with Crippen LogP contribution in [0, 0.1) is 0 Å². The van der Waals surface area contributed by atoms with Crippen molar-refractivity contribution in [1.29, 1.82) is 0 Å². The number of hydrogen-bond acceptors (Lipinski definition) is 3. The minimum absolute atomic E-state index is 0. The number of rotatable bonds is 7. The Kier molecular flexibility index (Phi) is 8.30. The molecular weight excluding hydrogens is 324 g/mol. The molecule has 2 atom stereocenters. The van der Waals surface area contributed by atoms with Crippen molar-refractivity contribution < 1.29 is 9.53 Å². The molecule has 1 unspecified atom stereocenters. The van der Waals surface area contributed by atoms with Crippen molar-refractivity contribution in [2.45, 2.75) is 32.4 Å². The van der Waals surface area contributed by atoms with Gasteiger partial charge in [-0.2, -0.15) is 0 Å². The van der Waals surface area contributed by atoms with Crippen LogP contribution in [0.3, 0.4) is 0 Å². The minimum Gasteiger partial charge on any atom is -0.476 e. The first-order valence-corrected chi connectivity index (χ1v) is 7.95. The van der Waals surface area contributed by atoms with Gasteiger partial charge in [0.1, 0.15) is 5.75 Å². The molecule has 4 nitrogen and oxygen atoms in total. The minimum atomic E-state index is -0.696. The maximum atomic E-state index is 12.6. The van der Waals surface area contributed by atoms with E-state index in [0.29, 0.717) is 6.54 Å². The Morgan fingerprint density at radius 3 is 2.38 bits per heavy atom. The van der Waals surface area contributed by atoms with Crippen LogP contribution in [0.1, 0.15) is 31.1 Å². The molecule has 0 saturated carbocycles. The quantitative estimate of drug-likeness (QED) is 0.807. The highest BCUT2D eigenvalue weighted by molar-refractivity contribution is 5.85. The van der Waals surface area contributed by atoms with Gasteiger partial charge in [-0.1, -0.05) is 55.5 Å². The number of hydrogen-bond donors (Lipinski definition) is 2. The zero-order chi connectivity index (χ0) is 16.7. The van der Waals surface area contributed by atoms with Gasteiger partial charge in [0.05, 0.1) is 0 Å². The Hall–Kier alpha value is -2.04. The van der Waals surface area contributed by atoms with Crippen LogP contribution in [0.5, 0.6) is 5.75 Å². The molecule has 0 heterocycles. The molecule has 2 aromatic rings. The fraction of sp³-hybridized carbons (Fsp3) is 0.316. The van der Waals surface area contributed by atoms with Gasteiger partial charge < -0.3 is 15.8 Å². The van der Waals surface area contributed by atoms with Crippen molar-refractivity contribution in [3.8, 4) is 5.75 Å². The summed E-state index contributed by atoms with van der Waals surface area (Å²) in [6.07, 6.45) is 0.149. The molecule has 0 radical (unpaired) electrons. The van der Waals surface area contributed by atoms with Gasteiger partial charge in [0.25, 0.3) is 5.91 Å². The summed E-state index contributed by atoms with van der Waals surface area (Å²) < 4.78 is 6.08. The number of para-hydroxylation sites is 1. The second-order valence-electron chi connectivity index (χ2n) is 5.52. The third-order valence-electron chi connectivity index (χ3n) is 3.68. The van der Waals surface area contributed by atoms with E-state index < -0.39 is 6.10 Å². The van der Waals surface area contributed by atoms with E-state index in [0.717, 1.165) is 23.3 Å². The van der Waals surface area contributed by atoms with Crippen LogP contribution in [-0.2, 0) is 11.2 Å². The zero-order valence-corrected chi connectivity index (χ0v) is 14.9. The first kappa shape index (κ1) is 20.0. The Morgan fingerprint density at radius 2 is 1.75 bits per heavy atom. The van der Waals surface area contributed by atoms with E-state index in [1.807, 2.05) is 61.5 Å². The molecule has 0 fully saturated rings. The lowest BCUT2D eigenvalue weighted by Gasteiger charge is -2.22. The lowest BCUT2D eigenvalue weighted by Crippen LogP contribution is -2.41. The SMILES string of the molecule is CCc1ccccc1OC(C(=O)N[C@@H](C)CN)c1ccccc1.Cl. The normalized spacial score (nSPS) is 12.6. The second kappa shape index (κ2) is 9.96. The predicted octanol–water partition coefficient (Wildman–Crippen LogP) is 3.25. The highest BCUT2D eigenvalue weighted by Crippen LogP contribution is 2.26. The van der Waals surface area contributed by atoms with Crippen molar-refractivity contribution in [3.63, 3.8) is 0 Å². The average molecular weight is 349 g/mol. The first-order valence-electron chi connectivity index (χ1n) is 7.95. The summed E-state index contributed by atoms with van der Waals surface area (Å²) >= 11 is 0. The molecule has 1 amide bonds. The van der Waals surface area contributed by atoms with Gasteiger partial charge in [0, 0.05) is 18.2 Å². The predicted molar refractivity (Wildman–Crippen MR) is 99.5 cm³/mol. The Bertz CT molecular complexity index is 634. The van der Waals surface area contributed by atoms with Crippen LogP contribution in [0.15, 0.2) is 54.6 Å². The van der Waals surface area contributed by atoms with Gasteiger partial charge in [-0.3, -0.25) is 4.79 Å². The van der Waals surface area contributed by atoms with Gasteiger partial charge in [-0.15, -0.1) is 12.4 Å². The molecule has 130 valence electrons. The first-order chi connectivity index (χ1) is 11.2. The topological polar surface area (TPSA) is 64.3 Å². The van der Waals surface area contributed by atoms with Crippen molar-refractivity contribution in [1.82, 2.24) is 5.32 Å². The van der Waals surface area contributed by atoms with Crippen LogP contribution < -0.4 is 15.8 Å². The Labute approximate surface area is 149 Å². The number of carbonyl (C=O) groups is 1. The van der Waals surface area contributed by atoms with Crippen LogP contribution in [-0.4, -0.2) is 18.5 Å². The molecule has 0 spiro atoms. The van der Waals surface area contributed by atoms with Gasteiger partial charge >= 0.3 is 0 Å². The highest BCUT2D eigenvalue weighted by Gasteiger charge is 2.24. The summed E-state index contributed by atoms with van der Waals surface area (Å²) in [5.74, 6) is 0.555. The largest absolute Gasteiger partial charge is 0.476 e. The summed E-state index contributed by atoms with van der Waals surface area (Å²) in [6.45, 7) is 4.33. The van der Waals surface area contributed by atoms with E-state index in [4.69, 9.17) is 10.5 Å². The fourth-order valence-electron chi connectivity index (χ4n) is 2.32. The molecule has 2 rings (SSSR count). The number of benzene rings is 2. The van der Waals surface area contributed by atoms with Gasteiger partial charge in [-0.25, -0.2) is 0 Å². The van der Waals surface area contributed by atoms with Crippen LogP contribution in [0.2, 0.25) is 0 Å². The molecule has 0 bridgehead atoms. The second-order valence-corrected chi connectivity index (χ2v) is 5.52. The number of carbonyl (C=O) groups excluding carboxylic acids is 1. The van der Waals surface area contributed by atoms with Crippen molar-refractivity contribution in [2.75, 3.05) is 6.54 Å². The monoisotopic (exact) mass is 348 g/mol. The van der Waals surface area contributed by atoms with Crippen molar-refractivity contribution in [2.24, 2.45) is 5.73 Å². The summed E-state index contributed by atoms with van der Waals surface area (Å²) in [5, 5.41) is 2.90. The fourth-order valence-corrected chi connectivity index (χ4v) is 2.32. The summed E-state index contributed by atoms with van der Waals surface area (Å²) in [7, 11) is 0. The molecule has 24 heavy (non-hydrogen) atoms. The highest BCUT2D eigenvalue weighted by atomic mass is 35.5. The molecule has 0 aliphatic heterocycles. The summed E-state index contributed by atoms with van der Waals surface area (Å²) in [4.78, 5) is 12.6. The maximum absolute atomic E-state index is 12.6. The standard InChI is InChI=1S/C19H24N2O2.ClH/c1-3-15-9-7-8-12-17(15)23-18(16-10-5-4-6-11-16)19(22)21-14(2)13-20;/h4-12,14,18H,3,13,20H2,1-2H3,(H,21,22);1H/t14-,18?;/m0./s1. The number of nitrogens with one attached hydrogen (secondary N) is 1. The van der Waals surface area contributed by atoms with E-state index in [9.17, 15) is 4.79 Å². The van der Waals surface area contributed by atoms with Crippen LogP contribution in [0.4, 0.5) is 0 Å². The molecule has 0 aliphatic rings. The van der Waals surface area contributed by atoms with E-state index in [-0.39, 0.29) is 24.4 Å². The smallest absolute Gasteiger partial charge is 0.266 e. The van der Waals surface area contributed by atoms with Gasteiger partial charge in [0.2, 0.25) is 6.10 Å². The molecular formula is C19H25ClN2O2. The molecule has 2 aromatic carbocycles. The number of amides is 1. The summed E-state index contributed by atoms with van der Waals surface area (Å²) in [6, 6.07) is 17.2.